The number of hydrogen-bond donors (Lipinski definition) is 4. The van der Waals surface area contributed by atoms with Crippen LogP contribution in [0.25, 0.3) is 0 Å². The van der Waals surface area contributed by atoms with Gasteiger partial charge in [-0.3, -0.25) is 10.2 Å². The fourth-order valence-electron chi connectivity index (χ4n) is 0.698. The zero-order valence-corrected chi connectivity index (χ0v) is 5.59. The molecule has 0 bridgehead atoms. The number of aliphatic hydroxyl groups excluding tert-OH is 1. The van der Waals surface area contributed by atoms with E-state index in [9.17, 15) is 4.79 Å². The van der Waals surface area contributed by atoms with Crippen molar-refractivity contribution in [3.63, 3.8) is 0 Å². The van der Waals surface area contributed by atoms with Crippen LogP contribution in [0.5, 0.6) is 0 Å². The van der Waals surface area contributed by atoms with Gasteiger partial charge in [0.1, 0.15) is 11.4 Å². The molecule has 1 aliphatic carbocycles. The molecule has 0 amide bonds. The number of nitrogens with one attached hydrogen (secondary N) is 1. The summed E-state index contributed by atoms with van der Waals surface area (Å²) in [7, 11) is 0. The number of aliphatic hydroxyl groups is 1. The van der Waals surface area contributed by atoms with Gasteiger partial charge in [0.15, 0.2) is 5.76 Å². The van der Waals surface area contributed by atoms with Crippen molar-refractivity contribution in [2.45, 2.75) is 0 Å². The summed E-state index contributed by atoms with van der Waals surface area (Å²) in [6, 6.07) is 0. The number of ketones is 1. The number of carbonyl (C=O) groups is 1. The Kier molecular flexibility index (Phi) is 1.41. The van der Waals surface area contributed by atoms with E-state index in [1.54, 1.807) is 0 Å². The Morgan fingerprint density at radius 3 is 2.55 bits per heavy atom. The molecule has 0 aromatic carbocycles. The highest BCUT2D eigenvalue weighted by Gasteiger charge is 2.21. The highest BCUT2D eigenvalue weighted by Crippen LogP contribution is 2.10. The summed E-state index contributed by atoms with van der Waals surface area (Å²) in [4.78, 5) is 10.8. The SMILES string of the molecule is N=C1C=C(N)C(O)=C(N)C1=O. The average Bonchev–Trinajstić information content (AvgIpc) is 1.97. The lowest BCUT2D eigenvalue weighted by Crippen LogP contribution is -2.27. The summed E-state index contributed by atoms with van der Waals surface area (Å²) in [5.74, 6) is -1.14. The van der Waals surface area contributed by atoms with Crippen LogP contribution in [0.2, 0.25) is 0 Å². The molecule has 1 rings (SSSR count). The van der Waals surface area contributed by atoms with E-state index in [4.69, 9.17) is 22.0 Å². The highest BCUT2D eigenvalue weighted by molar-refractivity contribution is 6.49. The van der Waals surface area contributed by atoms with Crippen molar-refractivity contribution >= 4 is 11.5 Å². The molecule has 0 aromatic rings. The quantitative estimate of drug-likeness (QED) is 0.340. The van der Waals surface area contributed by atoms with E-state index in [1.807, 2.05) is 0 Å². The van der Waals surface area contributed by atoms with Crippen LogP contribution in [0.3, 0.4) is 0 Å². The van der Waals surface area contributed by atoms with Gasteiger partial charge in [-0.15, -0.1) is 0 Å². The van der Waals surface area contributed by atoms with Crippen LogP contribution in [0, 0.1) is 5.41 Å². The normalized spacial score (nSPS) is 18.7. The highest BCUT2D eigenvalue weighted by atomic mass is 16.3. The number of Topliss-reactive ketones (excluding diaryl/α,β-unsaturated/α-hetero) is 1. The smallest absolute Gasteiger partial charge is 0.230 e. The van der Waals surface area contributed by atoms with Crippen LogP contribution in [0.4, 0.5) is 0 Å². The molecule has 0 fully saturated rings. The molecule has 5 heteroatoms. The van der Waals surface area contributed by atoms with Gasteiger partial charge in [0.05, 0.1) is 5.70 Å². The van der Waals surface area contributed by atoms with Crippen molar-refractivity contribution in [2.75, 3.05) is 0 Å². The van der Waals surface area contributed by atoms with Crippen LogP contribution < -0.4 is 11.5 Å². The Hall–Kier alpha value is -1.78. The lowest BCUT2D eigenvalue weighted by Gasteiger charge is -2.10. The molecule has 0 atom stereocenters. The minimum absolute atomic E-state index is 0.0490. The lowest BCUT2D eigenvalue weighted by atomic mass is 10.0. The topological polar surface area (TPSA) is 113 Å². The van der Waals surface area contributed by atoms with Gasteiger partial charge in [0.2, 0.25) is 5.78 Å². The average molecular weight is 153 g/mol. The third-order valence-corrected chi connectivity index (χ3v) is 1.32. The van der Waals surface area contributed by atoms with E-state index < -0.39 is 11.5 Å². The van der Waals surface area contributed by atoms with Crippen LogP contribution in [-0.2, 0) is 4.79 Å². The molecule has 0 radical (unpaired) electrons. The third kappa shape index (κ3) is 0.958. The second-order valence-corrected chi connectivity index (χ2v) is 2.10. The molecule has 0 aromatic heterocycles. The van der Waals surface area contributed by atoms with Crippen molar-refractivity contribution in [1.82, 2.24) is 0 Å². The van der Waals surface area contributed by atoms with Crippen LogP contribution in [0.15, 0.2) is 23.2 Å². The summed E-state index contributed by atoms with van der Waals surface area (Å²) in [6.07, 6.45) is 1.06. The molecule has 0 aliphatic heterocycles. The minimum atomic E-state index is -0.698. The first-order valence-electron chi connectivity index (χ1n) is 2.83. The molecule has 0 heterocycles. The number of rotatable bonds is 0. The summed E-state index contributed by atoms with van der Waals surface area (Å²) in [5.41, 5.74) is 9.60. The summed E-state index contributed by atoms with van der Waals surface area (Å²) in [5, 5.41) is 16.0. The standard InChI is InChI=1S/C6H7N3O2/c7-2-1-3(8)6(11)4(9)5(2)10/h1,7,11H,8-9H2. The first-order chi connectivity index (χ1) is 5.04. The monoisotopic (exact) mass is 153 g/mol. The molecule has 0 saturated heterocycles. The summed E-state index contributed by atoms with van der Waals surface area (Å²) < 4.78 is 0. The summed E-state index contributed by atoms with van der Waals surface area (Å²) in [6.45, 7) is 0. The maximum Gasteiger partial charge on any atom is 0.230 e. The maximum atomic E-state index is 10.8. The first kappa shape index (κ1) is 7.33. The first-order valence-corrected chi connectivity index (χ1v) is 2.83. The number of carbonyl (C=O) groups excluding carboxylic acids is 1. The molecule has 0 saturated carbocycles. The van der Waals surface area contributed by atoms with Gasteiger partial charge in [-0.25, -0.2) is 0 Å². The molecule has 0 spiro atoms. The van der Waals surface area contributed by atoms with E-state index in [2.05, 4.69) is 0 Å². The Bertz CT molecular complexity index is 301. The Labute approximate surface area is 62.5 Å². The Morgan fingerprint density at radius 1 is 1.45 bits per heavy atom. The van der Waals surface area contributed by atoms with Crippen molar-refractivity contribution < 1.29 is 9.90 Å². The van der Waals surface area contributed by atoms with E-state index in [1.165, 1.54) is 0 Å². The van der Waals surface area contributed by atoms with E-state index in [0.717, 1.165) is 6.08 Å². The van der Waals surface area contributed by atoms with Gasteiger partial charge < -0.3 is 16.6 Å². The maximum absolute atomic E-state index is 10.8. The number of allylic oxidation sites excluding steroid dienone is 2. The third-order valence-electron chi connectivity index (χ3n) is 1.32. The second-order valence-electron chi connectivity index (χ2n) is 2.10. The number of hydrogen-bond acceptors (Lipinski definition) is 5. The van der Waals surface area contributed by atoms with Gasteiger partial charge in [0, 0.05) is 0 Å². The van der Waals surface area contributed by atoms with Crippen molar-refractivity contribution in [3.8, 4) is 0 Å². The molecule has 11 heavy (non-hydrogen) atoms. The van der Waals surface area contributed by atoms with E-state index in [0.29, 0.717) is 0 Å². The fraction of sp³-hybridized carbons (Fsp3) is 0. The van der Waals surface area contributed by atoms with Gasteiger partial charge in [-0.2, -0.15) is 0 Å². The lowest BCUT2D eigenvalue weighted by molar-refractivity contribution is -0.110. The predicted octanol–water partition coefficient (Wildman–Crippen LogP) is -0.840. The molecule has 5 nitrogen and oxygen atoms in total. The van der Waals surface area contributed by atoms with Gasteiger partial charge in [-0.05, 0) is 6.08 Å². The van der Waals surface area contributed by atoms with Crippen LogP contribution in [0.1, 0.15) is 0 Å². The molecular weight excluding hydrogens is 146 g/mol. The molecule has 6 N–H and O–H groups in total. The van der Waals surface area contributed by atoms with Gasteiger partial charge in [-0.1, -0.05) is 0 Å². The van der Waals surface area contributed by atoms with Crippen molar-refractivity contribution in [2.24, 2.45) is 11.5 Å². The van der Waals surface area contributed by atoms with Gasteiger partial charge >= 0.3 is 0 Å². The fourth-order valence-corrected chi connectivity index (χ4v) is 0.698. The zero-order valence-electron chi connectivity index (χ0n) is 5.59. The zero-order chi connectivity index (χ0) is 8.59. The Balaban J connectivity index is 3.22. The van der Waals surface area contributed by atoms with E-state index in [-0.39, 0.29) is 17.1 Å². The Morgan fingerprint density at radius 2 is 2.00 bits per heavy atom. The number of nitrogens with two attached hydrogens (primary N) is 2. The molecule has 1 aliphatic rings. The van der Waals surface area contributed by atoms with Crippen LogP contribution in [-0.4, -0.2) is 16.6 Å². The predicted molar refractivity (Wildman–Crippen MR) is 38.8 cm³/mol. The van der Waals surface area contributed by atoms with Crippen LogP contribution >= 0.6 is 0 Å². The minimum Gasteiger partial charge on any atom is -0.504 e. The van der Waals surface area contributed by atoms with Crippen molar-refractivity contribution in [1.29, 1.82) is 5.41 Å². The molecule has 58 valence electrons. The summed E-state index contributed by atoms with van der Waals surface area (Å²) >= 11 is 0. The van der Waals surface area contributed by atoms with E-state index >= 15 is 0 Å². The molecule has 0 unspecified atom stereocenters. The largest absolute Gasteiger partial charge is 0.504 e. The van der Waals surface area contributed by atoms with Crippen molar-refractivity contribution in [3.05, 3.63) is 23.2 Å². The molecular formula is C6H7N3O2. The van der Waals surface area contributed by atoms with Gasteiger partial charge in [0.25, 0.3) is 0 Å². The second kappa shape index (κ2) is 2.12.